The molecule has 3 fully saturated rings. The molecule has 1 saturated carbocycles. The molecule has 0 amide bonds. The summed E-state index contributed by atoms with van der Waals surface area (Å²) in [5.74, 6) is -0.528. The Bertz CT molecular complexity index is 556. The summed E-state index contributed by atoms with van der Waals surface area (Å²) >= 11 is 0. The third-order valence-electron chi connectivity index (χ3n) is 5.61. The van der Waals surface area contributed by atoms with E-state index >= 15 is 0 Å². The van der Waals surface area contributed by atoms with Crippen molar-refractivity contribution in [1.29, 1.82) is 0 Å². The van der Waals surface area contributed by atoms with E-state index in [-0.39, 0.29) is 24.4 Å². The SMILES string of the molecule is CC1OC(COCc2ccccc2)C2OC3(CCCCC3)OC2C1O. The number of benzene rings is 1. The minimum absolute atomic E-state index is 0.214. The van der Waals surface area contributed by atoms with Gasteiger partial charge in [-0.1, -0.05) is 36.8 Å². The normalized spacial score (nSPS) is 37.1. The predicted octanol–water partition coefficient (Wildman–Crippen LogP) is 2.80. The second-order valence-corrected chi connectivity index (χ2v) is 7.51. The van der Waals surface area contributed by atoms with E-state index in [2.05, 4.69) is 0 Å². The fourth-order valence-electron chi connectivity index (χ4n) is 4.24. The van der Waals surface area contributed by atoms with Gasteiger partial charge < -0.3 is 24.1 Å². The van der Waals surface area contributed by atoms with Gasteiger partial charge in [0.2, 0.25) is 0 Å². The fourth-order valence-corrected chi connectivity index (χ4v) is 4.24. The van der Waals surface area contributed by atoms with E-state index in [4.69, 9.17) is 18.9 Å². The third-order valence-corrected chi connectivity index (χ3v) is 5.61. The molecule has 1 aliphatic carbocycles. The minimum atomic E-state index is -0.656. The Morgan fingerprint density at radius 1 is 1.08 bits per heavy atom. The van der Waals surface area contributed by atoms with Crippen molar-refractivity contribution in [1.82, 2.24) is 0 Å². The quantitative estimate of drug-likeness (QED) is 0.907. The van der Waals surface area contributed by atoms with Gasteiger partial charge in [0.15, 0.2) is 5.79 Å². The molecule has 5 nitrogen and oxygen atoms in total. The highest BCUT2D eigenvalue weighted by atomic mass is 16.8. The van der Waals surface area contributed by atoms with Crippen LogP contribution in [0.2, 0.25) is 0 Å². The zero-order valence-corrected chi connectivity index (χ0v) is 14.8. The summed E-state index contributed by atoms with van der Waals surface area (Å²) in [6.45, 7) is 2.87. The summed E-state index contributed by atoms with van der Waals surface area (Å²) in [6, 6.07) is 10.1. The molecule has 1 spiro atoms. The molecule has 2 aliphatic heterocycles. The first-order valence-electron chi connectivity index (χ1n) is 9.48. The van der Waals surface area contributed by atoms with Gasteiger partial charge in [-0.3, -0.25) is 0 Å². The molecule has 5 unspecified atom stereocenters. The van der Waals surface area contributed by atoms with Crippen LogP contribution in [0.3, 0.4) is 0 Å². The second kappa shape index (κ2) is 7.33. The number of hydrogen-bond donors (Lipinski definition) is 1. The van der Waals surface area contributed by atoms with Crippen LogP contribution in [0.25, 0.3) is 0 Å². The lowest BCUT2D eigenvalue weighted by Crippen LogP contribution is -2.56. The lowest BCUT2D eigenvalue weighted by atomic mass is 9.94. The molecule has 0 aromatic heterocycles. The lowest BCUT2D eigenvalue weighted by Gasteiger charge is -2.38. The molecular formula is C20H28O5. The highest BCUT2D eigenvalue weighted by Gasteiger charge is 2.56. The molecule has 138 valence electrons. The van der Waals surface area contributed by atoms with E-state index in [9.17, 15) is 5.11 Å². The number of aliphatic hydroxyl groups excluding tert-OH is 1. The van der Waals surface area contributed by atoms with Crippen molar-refractivity contribution in [2.24, 2.45) is 0 Å². The van der Waals surface area contributed by atoms with Gasteiger partial charge >= 0.3 is 0 Å². The van der Waals surface area contributed by atoms with Crippen LogP contribution in [0.4, 0.5) is 0 Å². The summed E-state index contributed by atoms with van der Waals surface area (Å²) in [7, 11) is 0. The van der Waals surface area contributed by atoms with Gasteiger partial charge in [-0.25, -0.2) is 0 Å². The van der Waals surface area contributed by atoms with E-state index in [1.165, 1.54) is 6.42 Å². The maximum atomic E-state index is 10.5. The summed E-state index contributed by atoms with van der Waals surface area (Å²) in [4.78, 5) is 0. The van der Waals surface area contributed by atoms with Crippen LogP contribution >= 0.6 is 0 Å². The summed E-state index contributed by atoms with van der Waals surface area (Å²) in [5.41, 5.74) is 1.13. The molecule has 2 saturated heterocycles. The minimum Gasteiger partial charge on any atom is -0.388 e. The van der Waals surface area contributed by atoms with Crippen LogP contribution in [0.5, 0.6) is 0 Å². The number of hydrogen-bond acceptors (Lipinski definition) is 5. The first-order valence-corrected chi connectivity index (χ1v) is 9.48. The molecule has 4 rings (SSSR count). The van der Waals surface area contributed by atoms with E-state index in [0.29, 0.717) is 13.2 Å². The largest absolute Gasteiger partial charge is 0.388 e. The number of rotatable bonds is 4. The van der Waals surface area contributed by atoms with Crippen LogP contribution in [-0.4, -0.2) is 48.0 Å². The Morgan fingerprint density at radius 2 is 1.80 bits per heavy atom. The Balaban J connectivity index is 1.41. The van der Waals surface area contributed by atoms with Crippen molar-refractivity contribution in [3.63, 3.8) is 0 Å². The van der Waals surface area contributed by atoms with Crippen molar-refractivity contribution >= 4 is 0 Å². The number of ether oxygens (including phenoxy) is 4. The third kappa shape index (κ3) is 3.62. The molecule has 0 bridgehead atoms. The Kier molecular flexibility index (Phi) is 5.11. The monoisotopic (exact) mass is 348 g/mol. The molecule has 1 aromatic rings. The van der Waals surface area contributed by atoms with Crippen LogP contribution in [0, 0.1) is 0 Å². The van der Waals surface area contributed by atoms with Crippen molar-refractivity contribution in [3.8, 4) is 0 Å². The standard InChI is InChI=1S/C20H28O5/c1-14-17(21)19-18(24-20(25-19)10-6-3-7-11-20)16(23-14)13-22-12-15-8-4-2-5-9-15/h2,4-5,8-9,14,16-19,21H,3,6-7,10-13H2,1H3. The molecule has 5 atom stereocenters. The van der Waals surface area contributed by atoms with Crippen LogP contribution in [0.1, 0.15) is 44.6 Å². The molecule has 3 aliphatic rings. The highest BCUT2D eigenvalue weighted by molar-refractivity contribution is 5.13. The van der Waals surface area contributed by atoms with Gasteiger partial charge in [0.25, 0.3) is 0 Å². The van der Waals surface area contributed by atoms with Crippen LogP contribution in [0.15, 0.2) is 30.3 Å². The van der Waals surface area contributed by atoms with Crippen molar-refractivity contribution in [2.45, 2.75) is 81.9 Å². The van der Waals surface area contributed by atoms with Gasteiger partial charge in [0.1, 0.15) is 24.4 Å². The average molecular weight is 348 g/mol. The molecule has 0 radical (unpaired) electrons. The Morgan fingerprint density at radius 3 is 2.56 bits per heavy atom. The van der Waals surface area contributed by atoms with E-state index < -0.39 is 11.9 Å². The van der Waals surface area contributed by atoms with Crippen molar-refractivity contribution < 1.29 is 24.1 Å². The lowest BCUT2D eigenvalue weighted by molar-refractivity contribution is -0.202. The number of fused-ring (bicyclic) bond motifs is 1. The van der Waals surface area contributed by atoms with Gasteiger partial charge in [-0.2, -0.15) is 0 Å². The molecule has 5 heteroatoms. The van der Waals surface area contributed by atoms with Crippen molar-refractivity contribution in [3.05, 3.63) is 35.9 Å². The first kappa shape index (κ1) is 17.4. The van der Waals surface area contributed by atoms with Gasteiger partial charge in [0.05, 0.1) is 19.3 Å². The van der Waals surface area contributed by atoms with E-state index in [1.807, 2.05) is 37.3 Å². The maximum Gasteiger partial charge on any atom is 0.169 e. The maximum absolute atomic E-state index is 10.5. The fraction of sp³-hybridized carbons (Fsp3) is 0.700. The topological polar surface area (TPSA) is 57.2 Å². The molecule has 25 heavy (non-hydrogen) atoms. The second-order valence-electron chi connectivity index (χ2n) is 7.51. The summed E-state index contributed by atoms with van der Waals surface area (Å²) in [5, 5.41) is 10.5. The summed E-state index contributed by atoms with van der Waals surface area (Å²) in [6.07, 6.45) is 3.51. The zero-order valence-electron chi connectivity index (χ0n) is 14.8. The Hall–Kier alpha value is -0.980. The van der Waals surface area contributed by atoms with Crippen LogP contribution < -0.4 is 0 Å². The van der Waals surface area contributed by atoms with Gasteiger partial charge in [-0.15, -0.1) is 0 Å². The molecular weight excluding hydrogens is 320 g/mol. The van der Waals surface area contributed by atoms with E-state index in [0.717, 1.165) is 31.2 Å². The Labute approximate surface area is 149 Å². The smallest absolute Gasteiger partial charge is 0.169 e. The summed E-state index contributed by atoms with van der Waals surface area (Å²) < 4.78 is 24.5. The van der Waals surface area contributed by atoms with Gasteiger partial charge in [-0.05, 0) is 25.3 Å². The van der Waals surface area contributed by atoms with E-state index in [1.54, 1.807) is 0 Å². The molecule has 1 aromatic carbocycles. The van der Waals surface area contributed by atoms with Crippen LogP contribution in [-0.2, 0) is 25.6 Å². The molecule has 1 N–H and O–H groups in total. The number of aliphatic hydroxyl groups is 1. The first-order chi connectivity index (χ1) is 12.2. The zero-order chi connectivity index (χ0) is 17.3. The molecule has 2 heterocycles. The highest BCUT2D eigenvalue weighted by Crippen LogP contribution is 2.44. The van der Waals surface area contributed by atoms with Crippen molar-refractivity contribution in [2.75, 3.05) is 6.61 Å². The average Bonchev–Trinajstić information content (AvgIpc) is 3.00. The predicted molar refractivity (Wildman–Crippen MR) is 92.0 cm³/mol. The van der Waals surface area contributed by atoms with Gasteiger partial charge in [0, 0.05) is 12.8 Å².